The molecule has 192 valence electrons. The quantitative estimate of drug-likeness (QED) is 0.141. The molecule has 3 aromatic carbocycles. The van der Waals surface area contributed by atoms with Crippen molar-refractivity contribution >= 4 is 22.3 Å². The minimum atomic E-state index is -4.35. The van der Waals surface area contributed by atoms with Gasteiger partial charge in [-0.25, -0.2) is 4.39 Å². The summed E-state index contributed by atoms with van der Waals surface area (Å²) in [6.07, 6.45) is -1.06. The predicted octanol–water partition coefficient (Wildman–Crippen LogP) is 7.37. The third-order valence-corrected chi connectivity index (χ3v) is 5.10. The summed E-state index contributed by atoms with van der Waals surface area (Å²) in [5, 5.41) is 3.66. The second kappa shape index (κ2) is 11.9. The zero-order valence-corrected chi connectivity index (χ0v) is 22.2. The van der Waals surface area contributed by atoms with E-state index in [1.807, 2.05) is 30.3 Å². The van der Waals surface area contributed by atoms with Crippen molar-refractivity contribution in [3.63, 3.8) is 0 Å². The van der Waals surface area contributed by atoms with Crippen molar-refractivity contribution in [2.75, 3.05) is 11.9 Å². The Morgan fingerprint density at radius 1 is 0.973 bits per heavy atom. The Balaban J connectivity index is 0.000000479. The summed E-state index contributed by atoms with van der Waals surface area (Å²) in [5.74, 6) is -0.0466. The SMILES string of the molecule is Fc1c[nH]c2cc(Nc3[c-]c(OCCc4ccc(C(F)(F)F)cc4)ncc3)ccc12.[Cm].[c-]1ccccc1. The number of rotatable bonds is 6. The second-order valence-electron chi connectivity index (χ2n) is 7.68. The van der Waals surface area contributed by atoms with Gasteiger partial charge in [-0.1, -0.05) is 12.1 Å². The van der Waals surface area contributed by atoms with Crippen molar-refractivity contribution in [1.82, 2.24) is 9.97 Å². The van der Waals surface area contributed by atoms with Crippen molar-refractivity contribution in [2.24, 2.45) is 0 Å². The zero-order valence-electron chi connectivity index (χ0n) is 19.3. The Morgan fingerprint density at radius 2 is 1.73 bits per heavy atom. The average molecular weight is 738 g/mol. The fourth-order valence-corrected chi connectivity index (χ4v) is 3.31. The van der Waals surface area contributed by atoms with Crippen molar-refractivity contribution < 1.29 is 22.3 Å². The largest absolute Gasteiger partial charge is 0.494 e. The number of H-pyrrole nitrogens is 1. The van der Waals surface area contributed by atoms with E-state index in [1.165, 1.54) is 18.3 Å². The molecule has 0 saturated heterocycles. The van der Waals surface area contributed by atoms with Crippen LogP contribution in [0.25, 0.3) is 10.9 Å². The number of alkyl halides is 3. The molecule has 0 unspecified atom stereocenters. The Labute approximate surface area is 205 Å². The van der Waals surface area contributed by atoms with Gasteiger partial charge in [0.1, 0.15) is 11.7 Å². The molecule has 0 fully saturated rings. The van der Waals surface area contributed by atoms with Gasteiger partial charge in [0.15, 0.2) is 0 Å². The predicted molar refractivity (Wildman–Crippen MR) is 131 cm³/mol. The van der Waals surface area contributed by atoms with Crippen LogP contribution in [-0.2, 0) is 12.6 Å². The molecular weight excluding hydrogens is 717 g/mol. The summed E-state index contributed by atoms with van der Waals surface area (Å²) in [5.41, 5.74) is 2.06. The molecule has 0 spiro atoms. The fraction of sp³-hybridized carbons (Fsp3) is 0.107. The molecule has 0 atom stereocenters. The van der Waals surface area contributed by atoms with Crippen LogP contribution in [0, 0.1) is 17.9 Å². The number of ether oxygens (including phenoxy) is 1. The molecule has 2 aromatic heterocycles. The number of pyridine rings is 1. The number of halogens is 4. The molecular formula is C28H21CmF4N3O-2. The summed E-state index contributed by atoms with van der Waals surface area (Å²) >= 11 is 0. The third-order valence-electron chi connectivity index (χ3n) is 5.10. The molecule has 37 heavy (non-hydrogen) atoms. The molecule has 4 nitrogen and oxygen atoms in total. The van der Waals surface area contributed by atoms with Crippen LogP contribution in [0.5, 0.6) is 5.88 Å². The first-order valence-electron chi connectivity index (χ1n) is 11.0. The fourth-order valence-electron chi connectivity index (χ4n) is 3.31. The molecule has 5 aromatic rings. The topological polar surface area (TPSA) is 49.9 Å². The van der Waals surface area contributed by atoms with Gasteiger partial charge in [0.25, 0.3) is 0 Å². The minimum Gasteiger partial charge on any atom is -0.494 e. The van der Waals surface area contributed by atoms with Gasteiger partial charge >= 0.3 is 6.18 Å². The maximum Gasteiger partial charge on any atom is 0.416 e. The molecule has 0 aliphatic heterocycles. The number of aromatic amines is 1. The molecule has 0 aliphatic carbocycles. The van der Waals surface area contributed by atoms with Crippen molar-refractivity contribution in [3.8, 4) is 5.88 Å². The summed E-state index contributed by atoms with van der Waals surface area (Å²) in [6, 6.07) is 27.4. The van der Waals surface area contributed by atoms with Gasteiger partial charge in [0.05, 0.1) is 17.7 Å². The third kappa shape index (κ3) is 7.32. The molecule has 2 heterocycles. The van der Waals surface area contributed by atoms with E-state index in [9.17, 15) is 17.6 Å². The molecule has 5 rings (SSSR count). The minimum absolute atomic E-state index is 0. The van der Waals surface area contributed by atoms with Crippen LogP contribution in [0.3, 0.4) is 0 Å². The van der Waals surface area contributed by atoms with Crippen molar-refractivity contribution in [2.45, 2.75) is 12.6 Å². The van der Waals surface area contributed by atoms with Gasteiger partial charge in [0, 0.05) is 23.7 Å². The standard InChI is InChI=1S/C22H16F4N3O.C6H5.Cm/c23-19-13-28-20-11-16(5-6-18(19)20)29-17-7-9-27-21(12-17)30-10-8-14-1-3-15(4-2-14)22(24,25)26;1-2-4-6-5-3-1;/h1-7,9,11,13,28H,8,10H2,(H,27,29);1-5H;/q2*-1;. The normalized spacial score (nSPS) is 10.7. The summed E-state index contributed by atoms with van der Waals surface area (Å²) in [4.78, 5) is 6.95. The van der Waals surface area contributed by atoms with E-state index in [0.717, 1.165) is 23.4 Å². The van der Waals surface area contributed by atoms with Crippen LogP contribution in [0.4, 0.5) is 28.9 Å². The maximum atomic E-state index is 13.5. The van der Waals surface area contributed by atoms with Crippen LogP contribution in [0.1, 0.15) is 11.1 Å². The number of nitrogens with zero attached hydrogens (tertiary/aromatic N) is 1. The van der Waals surface area contributed by atoms with Gasteiger partial charge in [0.2, 0.25) is 0 Å². The Kier molecular flexibility index (Phi) is 8.44. The zero-order chi connectivity index (χ0) is 25.4. The molecule has 0 amide bonds. The van der Waals surface area contributed by atoms with E-state index >= 15 is 0 Å². The molecule has 0 bridgehead atoms. The van der Waals surface area contributed by atoms with Crippen LogP contribution in [0.2, 0.25) is 0 Å². The summed E-state index contributed by atoms with van der Waals surface area (Å²) in [6.45, 7) is 0.242. The molecule has 0 saturated carbocycles. The number of anilines is 2. The number of aromatic nitrogens is 2. The van der Waals surface area contributed by atoms with Gasteiger partial charge < -0.3 is 15.0 Å². The van der Waals surface area contributed by atoms with E-state index in [1.54, 1.807) is 30.5 Å². The Bertz CT molecular complexity index is 1360. The second-order valence-corrected chi connectivity index (χ2v) is 7.68. The summed E-state index contributed by atoms with van der Waals surface area (Å²) in [7, 11) is 0. The number of nitrogens with one attached hydrogen (secondary N) is 2. The van der Waals surface area contributed by atoms with E-state index in [4.69, 9.17) is 4.74 Å². The Morgan fingerprint density at radius 3 is 2.38 bits per heavy atom. The monoisotopic (exact) mass is 734 g/mol. The average Bonchev–Trinajstić information content (AvgIpc) is 3.25. The van der Waals surface area contributed by atoms with E-state index in [0.29, 0.717) is 23.0 Å². The number of hydrogen-bond donors (Lipinski definition) is 2. The van der Waals surface area contributed by atoms with Gasteiger partial charge in [-0.15, -0.1) is 5.69 Å². The first-order valence-corrected chi connectivity index (χ1v) is 11.0. The van der Waals surface area contributed by atoms with Gasteiger partial charge in [-0.3, -0.25) is 4.98 Å². The molecule has 2 N–H and O–H groups in total. The van der Waals surface area contributed by atoms with Crippen molar-refractivity contribution in [1.29, 1.82) is 0 Å². The first-order chi connectivity index (χ1) is 17.4. The van der Waals surface area contributed by atoms with Crippen LogP contribution >= 0.6 is 0 Å². The summed E-state index contributed by atoms with van der Waals surface area (Å²) < 4.78 is 56.9. The maximum absolute atomic E-state index is 13.5. The van der Waals surface area contributed by atoms with Crippen LogP contribution < -0.4 is 10.1 Å². The smallest absolute Gasteiger partial charge is 0.416 e. The van der Waals surface area contributed by atoms with E-state index in [-0.39, 0.29) is 18.3 Å². The first kappa shape index (κ1) is 26.3. The molecule has 0 radical (unpaired) electrons. The number of hydrogen-bond acceptors (Lipinski definition) is 3. The number of fused-ring (bicyclic) bond motifs is 1. The van der Waals surface area contributed by atoms with Crippen LogP contribution in [-0.4, -0.2) is 16.6 Å². The molecule has 9 heteroatoms. The van der Waals surface area contributed by atoms with E-state index < -0.39 is 11.7 Å². The van der Waals surface area contributed by atoms with Gasteiger partial charge in [-0.2, -0.15) is 61.7 Å². The van der Waals surface area contributed by atoms with Gasteiger partial charge in [-0.05, 0) is 42.1 Å². The van der Waals surface area contributed by atoms with Crippen molar-refractivity contribution in [3.05, 3.63) is 120 Å². The molecule has 0 aliphatic rings. The number of benzene rings is 3. The Hall–Kier alpha value is -5.33. The van der Waals surface area contributed by atoms with Crippen LogP contribution in [0.15, 0.2) is 91.3 Å². The van der Waals surface area contributed by atoms with E-state index in [2.05, 4.69) is 27.4 Å².